The number of nitrogens with one attached hydrogen (secondary N) is 4. The fraction of sp³-hybridized carbons (Fsp3) is 0.222. The molecule has 0 spiro atoms. The number of nitrogens with zero attached hydrogens (tertiary/aromatic N) is 2. The van der Waals surface area contributed by atoms with Crippen molar-refractivity contribution in [2.75, 3.05) is 64.5 Å². The molecule has 0 aliphatic carbocycles. The average molecular weight is 1550 g/mol. The molecule has 5 aliphatic rings. The summed E-state index contributed by atoms with van der Waals surface area (Å²) in [5.74, 6) is -4.19. The van der Waals surface area contributed by atoms with Gasteiger partial charge in [0.25, 0.3) is 23.6 Å². The molecule has 8 N–H and O–H groups in total. The second kappa shape index (κ2) is 29.4. The van der Waals surface area contributed by atoms with E-state index in [9.17, 15) is 67.2 Å². The first-order valence-electron chi connectivity index (χ1n) is 30.7. The molecule has 8 aromatic rings. The van der Waals surface area contributed by atoms with Gasteiger partial charge in [-0.25, -0.2) is 8.42 Å². The van der Waals surface area contributed by atoms with Crippen molar-refractivity contribution in [2.45, 2.75) is 72.7 Å². The van der Waals surface area contributed by atoms with Gasteiger partial charge in [-0.05, 0) is 121 Å². The number of aliphatic hydroxyl groups is 4. The highest BCUT2D eigenvalue weighted by Crippen LogP contribution is 2.51. The van der Waals surface area contributed by atoms with Gasteiger partial charge in [0, 0.05) is 109 Å². The predicted molar refractivity (Wildman–Crippen MR) is 391 cm³/mol. The molecule has 13 rings (SSSR count). The van der Waals surface area contributed by atoms with Crippen LogP contribution in [0, 0.1) is 0 Å². The zero-order chi connectivity index (χ0) is 73.7. The molecule has 4 unspecified atom stereocenters. The maximum absolute atomic E-state index is 12.6. The fourth-order valence-electron chi connectivity index (χ4n) is 11.7. The van der Waals surface area contributed by atoms with Crippen LogP contribution in [0.15, 0.2) is 150 Å². The number of amides is 4. The first kappa shape index (κ1) is 75.7. The third-order valence-corrected chi connectivity index (χ3v) is 21.1. The SMILES string of the molecule is CC(C)c1ccc(C(=O)CC2(O)C(=O)Nc3c(Cl)ccc(Cl)c32)cc1.CN(C)c1ccc(C(=O)CC2(O)C(=O)Nc3c(Cl)ccc(Cl)c32)cc1.CS(=O)(=O)c1ccc(C(=O)CC2(O)C(=O)Nc3c(Cl)ccc(Cl)c32)cc1.O=C(CC1(O)C(=O)Nc2c(Cl)ccc(Cl)c21)c1ccc(N2CC2)cc1. The van der Waals surface area contributed by atoms with E-state index in [-0.39, 0.29) is 113 Å². The van der Waals surface area contributed by atoms with Crippen LogP contribution in [0.25, 0.3) is 0 Å². The summed E-state index contributed by atoms with van der Waals surface area (Å²) in [6, 6.07) is 38.4. The van der Waals surface area contributed by atoms with Crippen LogP contribution in [0.3, 0.4) is 0 Å². The maximum Gasteiger partial charge on any atom is 0.261 e. The number of benzene rings is 8. The average Bonchev–Trinajstić information content (AvgIpc) is 1.63. The van der Waals surface area contributed by atoms with E-state index in [1.54, 1.807) is 48.5 Å². The van der Waals surface area contributed by atoms with E-state index in [0.717, 1.165) is 36.3 Å². The molecule has 0 radical (unpaired) electrons. The summed E-state index contributed by atoms with van der Waals surface area (Å²) in [4.78, 5) is 104. The molecule has 5 heterocycles. The molecule has 1 saturated heterocycles. The number of rotatable bonds is 16. The number of anilines is 6. The summed E-state index contributed by atoms with van der Waals surface area (Å²) in [5.41, 5.74) is -2.34. The lowest BCUT2D eigenvalue weighted by molar-refractivity contribution is -0.133. The van der Waals surface area contributed by atoms with Gasteiger partial charge in [0.05, 0.1) is 73.4 Å². The van der Waals surface area contributed by atoms with Crippen LogP contribution in [0.4, 0.5) is 34.1 Å². The van der Waals surface area contributed by atoms with E-state index in [4.69, 9.17) is 92.8 Å². The minimum absolute atomic E-state index is 0.0535. The largest absolute Gasteiger partial charge is 0.378 e. The number of hydrogen-bond donors (Lipinski definition) is 8. The van der Waals surface area contributed by atoms with E-state index in [1.165, 1.54) is 72.8 Å². The number of hydrogen-bond acceptors (Lipinski definition) is 16. The van der Waals surface area contributed by atoms with Crippen molar-refractivity contribution in [1.29, 1.82) is 0 Å². The number of carbonyl (C=O) groups excluding carboxylic acids is 8. The van der Waals surface area contributed by atoms with Crippen LogP contribution in [-0.4, -0.2) is 109 Å². The predicted octanol–water partition coefficient (Wildman–Crippen LogP) is 14.0. The first-order chi connectivity index (χ1) is 47.4. The van der Waals surface area contributed by atoms with E-state index in [2.05, 4.69) is 40.0 Å². The molecule has 29 heteroatoms. The third kappa shape index (κ3) is 15.3. The number of Topliss-reactive ketones (excluding diaryl/α,β-unsaturated/α-hetero) is 4. The number of carbonyl (C=O) groups is 8. The molecule has 5 aliphatic heterocycles. The van der Waals surface area contributed by atoms with Crippen molar-refractivity contribution in [2.24, 2.45) is 0 Å². The van der Waals surface area contributed by atoms with Crippen LogP contribution < -0.4 is 31.1 Å². The standard InChI is InChI=1S/C19H17Cl2NO3.C18H14Cl2N2O3.C18H16Cl2N2O3.C17H13Cl2NO5S/c1-10(2)11-3-5-12(6-4-11)15(23)9-19(25)16-13(20)7-8-14(21)17(16)22-18(19)24;19-12-5-6-13(20)16-15(12)18(25,17(24)21-16)9-14(23)10-1-3-11(4-2-10)22-7-8-22;1-22(2)11-5-3-10(4-6-11)14(23)9-18(25)15-12(19)7-8-13(20)16(15)21-17(18)24;1-26(24,25)10-4-2-9(3-5-10)13(21)8-17(23)14-11(18)6-7-12(19)15(14)20-16(17)22/h3-8,10,25H,9H2,1-2H3,(H,22,24);1-6,25H,7-9H2,(H,21,24);3-8,25H,9H2,1-2H3,(H,21,24);2-7,23H,8H2,1H3,(H,20,22). The fourth-order valence-corrected chi connectivity index (χ4v) is 14.4. The first-order valence-corrected chi connectivity index (χ1v) is 35.6. The van der Waals surface area contributed by atoms with Gasteiger partial charge in [-0.15, -0.1) is 0 Å². The van der Waals surface area contributed by atoms with Gasteiger partial charge in [0.15, 0.2) is 55.4 Å². The minimum Gasteiger partial charge on any atom is -0.378 e. The van der Waals surface area contributed by atoms with Gasteiger partial charge in [-0.2, -0.15) is 0 Å². The van der Waals surface area contributed by atoms with Gasteiger partial charge < -0.3 is 51.5 Å². The van der Waals surface area contributed by atoms with Crippen molar-refractivity contribution >= 4 is 184 Å². The molecular formula is C72H60Cl8N6O14S. The number of halogens is 8. The summed E-state index contributed by atoms with van der Waals surface area (Å²) in [7, 11) is 0.392. The summed E-state index contributed by atoms with van der Waals surface area (Å²) in [6.45, 7) is 6.16. The molecule has 20 nitrogen and oxygen atoms in total. The molecule has 0 saturated carbocycles. The Kier molecular flexibility index (Phi) is 22.0. The Bertz CT molecular complexity index is 4540. The van der Waals surface area contributed by atoms with Crippen molar-refractivity contribution in [3.05, 3.63) is 236 Å². The van der Waals surface area contributed by atoms with Gasteiger partial charge in [-0.1, -0.05) is 143 Å². The molecule has 8 aromatic carbocycles. The summed E-state index contributed by atoms with van der Waals surface area (Å²) in [5, 5.41) is 55.2. The molecule has 4 atom stereocenters. The second-order valence-corrected chi connectivity index (χ2v) is 30.1. The van der Waals surface area contributed by atoms with E-state index < -0.39 is 87.3 Å². The van der Waals surface area contributed by atoms with Crippen molar-refractivity contribution < 1.29 is 67.2 Å². The zero-order valence-corrected chi connectivity index (χ0v) is 60.7. The Morgan fingerprint density at radius 3 is 0.911 bits per heavy atom. The Hall–Kier alpha value is -7.97. The summed E-state index contributed by atoms with van der Waals surface area (Å²) in [6.07, 6.45) is -0.753. The Morgan fingerprint density at radius 1 is 0.416 bits per heavy atom. The van der Waals surface area contributed by atoms with Crippen LogP contribution in [0.2, 0.25) is 40.2 Å². The highest BCUT2D eigenvalue weighted by Gasteiger charge is 2.53. The molecule has 1 fully saturated rings. The maximum atomic E-state index is 12.6. The molecule has 4 amide bonds. The molecular weight excluding hydrogens is 1490 g/mol. The molecule has 524 valence electrons. The highest BCUT2D eigenvalue weighted by molar-refractivity contribution is 7.90. The van der Waals surface area contributed by atoms with Crippen LogP contribution in [0.1, 0.15) is 115 Å². The number of fused-ring (bicyclic) bond motifs is 4. The lowest BCUT2D eigenvalue weighted by Gasteiger charge is -2.21. The van der Waals surface area contributed by atoms with Gasteiger partial charge in [0.1, 0.15) is 0 Å². The Labute approximate surface area is 619 Å². The smallest absolute Gasteiger partial charge is 0.261 e. The number of sulfone groups is 1. The lowest BCUT2D eigenvalue weighted by Crippen LogP contribution is -2.36. The van der Waals surface area contributed by atoms with E-state index >= 15 is 0 Å². The van der Waals surface area contributed by atoms with Crippen LogP contribution in [0.5, 0.6) is 0 Å². The monoisotopic (exact) mass is 1540 g/mol. The third-order valence-electron chi connectivity index (χ3n) is 17.4. The van der Waals surface area contributed by atoms with Crippen LogP contribution in [-0.2, 0) is 51.4 Å². The van der Waals surface area contributed by atoms with Crippen LogP contribution >= 0.6 is 92.8 Å². The molecule has 0 bridgehead atoms. The minimum atomic E-state index is -3.40. The topological polar surface area (TPSA) is 306 Å². The second-order valence-electron chi connectivity index (χ2n) is 24.8. The highest BCUT2D eigenvalue weighted by atomic mass is 35.5. The molecule has 101 heavy (non-hydrogen) atoms. The normalized spacial score (nSPS) is 19.5. The Morgan fingerprint density at radius 2 is 0.663 bits per heavy atom. The summed E-state index contributed by atoms with van der Waals surface area (Å²) < 4.78 is 23.0. The van der Waals surface area contributed by atoms with Crippen molar-refractivity contribution in [1.82, 2.24) is 0 Å². The molecule has 0 aromatic heterocycles. The lowest BCUT2D eigenvalue weighted by atomic mass is 9.87. The quantitative estimate of drug-likeness (QED) is 0.0329. The summed E-state index contributed by atoms with van der Waals surface area (Å²) >= 11 is 48.8. The van der Waals surface area contributed by atoms with E-state index in [0.29, 0.717) is 22.6 Å². The van der Waals surface area contributed by atoms with E-state index in [1.807, 2.05) is 43.3 Å². The van der Waals surface area contributed by atoms with Crippen molar-refractivity contribution in [3.63, 3.8) is 0 Å². The number of ketones is 4. The van der Waals surface area contributed by atoms with Gasteiger partial charge in [-0.3, -0.25) is 38.4 Å². The Balaban J connectivity index is 0.000000145. The van der Waals surface area contributed by atoms with Gasteiger partial charge >= 0.3 is 0 Å². The van der Waals surface area contributed by atoms with Crippen molar-refractivity contribution in [3.8, 4) is 0 Å². The van der Waals surface area contributed by atoms with Gasteiger partial charge in [0.2, 0.25) is 0 Å². The zero-order valence-electron chi connectivity index (χ0n) is 53.9.